The standard InChI is InChI=1S/C15H11F5NO5P/c1-7(15(22)23)21-27(24,25-8-5-3-2-4-6-8)26-14-12(19)10(17)9(16)11(18)13(14)20/h2-7H,1H3,(H,21,24)(H,22,23)/t7-,27?/m0/s1. The summed E-state index contributed by atoms with van der Waals surface area (Å²) in [5, 5.41) is 10.7. The molecule has 0 aliphatic heterocycles. The highest BCUT2D eigenvalue weighted by molar-refractivity contribution is 7.52. The number of nitrogens with one attached hydrogen (secondary N) is 1. The van der Waals surface area contributed by atoms with Crippen molar-refractivity contribution in [2.75, 3.05) is 0 Å². The van der Waals surface area contributed by atoms with Crippen LogP contribution in [0.4, 0.5) is 22.0 Å². The molecule has 0 aliphatic rings. The van der Waals surface area contributed by atoms with Gasteiger partial charge in [-0.1, -0.05) is 18.2 Å². The van der Waals surface area contributed by atoms with Gasteiger partial charge in [-0.25, -0.2) is 17.7 Å². The first kappa shape index (κ1) is 20.7. The van der Waals surface area contributed by atoms with Crippen LogP contribution in [0, 0.1) is 29.1 Å². The molecule has 0 amide bonds. The lowest BCUT2D eigenvalue weighted by atomic mass is 10.3. The fourth-order valence-electron chi connectivity index (χ4n) is 1.77. The Bertz CT molecular complexity index is 882. The monoisotopic (exact) mass is 411 g/mol. The molecule has 0 radical (unpaired) electrons. The van der Waals surface area contributed by atoms with Crippen LogP contribution in [0.1, 0.15) is 6.92 Å². The highest BCUT2D eigenvalue weighted by Gasteiger charge is 2.37. The van der Waals surface area contributed by atoms with Crippen molar-refractivity contribution in [2.45, 2.75) is 13.0 Å². The van der Waals surface area contributed by atoms with E-state index in [9.17, 15) is 31.3 Å². The first-order valence-corrected chi connectivity index (χ1v) is 8.66. The van der Waals surface area contributed by atoms with Crippen LogP contribution in [0.2, 0.25) is 0 Å². The second-order valence-corrected chi connectivity index (χ2v) is 6.70. The molecule has 2 aromatic carbocycles. The average Bonchev–Trinajstić information content (AvgIpc) is 2.62. The molecule has 0 aliphatic carbocycles. The summed E-state index contributed by atoms with van der Waals surface area (Å²) in [6, 6.07) is 5.22. The molecular formula is C15H11F5NO5P. The van der Waals surface area contributed by atoms with Gasteiger partial charge in [0, 0.05) is 0 Å². The molecule has 2 aromatic rings. The van der Waals surface area contributed by atoms with Gasteiger partial charge in [0.25, 0.3) is 0 Å². The molecule has 27 heavy (non-hydrogen) atoms. The maximum Gasteiger partial charge on any atom is 0.513 e. The van der Waals surface area contributed by atoms with E-state index in [1.165, 1.54) is 30.3 Å². The largest absolute Gasteiger partial charge is 0.513 e. The van der Waals surface area contributed by atoms with E-state index in [2.05, 4.69) is 4.52 Å². The summed E-state index contributed by atoms with van der Waals surface area (Å²) in [7, 11) is -4.95. The molecule has 12 heteroatoms. The van der Waals surface area contributed by atoms with Crippen molar-refractivity contribution in [3.63, 3.8) is 0 Å². The molecule has 2 atom stereocenters. The number of carbonyl (C=O) groups is 1. The quantitative estimate of drug-likeness (QED) is 0.310. The van der Waals surface area contributed by atoms with E-state index >= 15 is 0 Å². The molecule has 0 bridgehead atoms. The van der Waals surface area contributed by atoms with Crippen LogP contribution in [0.25, 0.3) is 0 Å². The van der Waals surface area contributed by atoms with Crippen LogP contribution in [0.3, 0.4) is 0 Å². The molecule has 0 heterocycles. The van der Waals surface area contributed by atoms with Gasteiger partial charge in [-0.05, 0) is 19.1 Å². The minimum atomic E-state index is -4.95. The van der Waals surface area contributed by atoms with Crippen molar-refractivity contribution in [3.05, 3.63) is 59.4 Å². The zero-order valence-electron chi connectivity index (χ0n) is 13.4. The molecule has 1 unspecified atom stereocenters. The van der Waals surface area contributed by atoms with Gasteiger partial charge in [-0.15, -0.1) is 0 Å². The number of carboxylic acids is 1. The van der Waals surface area contributed by atoms with Gasteiger partial charge in [0.2, 0.25) is 34.8 Å². The van der Waals surface area contributed by atoms with Crippen LogP contribution in [0.15, 0.2) is 30.3 Å². The normalized spacial score (nSPS) is 14.3. The lowest BCUT2D eigenvalue weighted by Crippen LogP contribution is -2.34. The van der Waals surface area contributed by atoms with Gasteiger partial charge in [0.1, 0.15) is 11.8 Å². The summed E-state index contributed by atoms with van der Waals surface area (Å²) in [6.45, 7) is 0.991. The number of benzene rings is 2. The van der Waals surface area contributed by atoms with Gasteiger partial charge in [-0.2, -0.15) is 13.9 Å². The van der Waals surface area contributed by atoms with Gasteiger partial charge < -0.3 is 14.2 Å². The predicted octanol–water partition coefficient (Wildman–Crippen LogP) is 4.01. The minimum absolute atomic E-state index is 0.185. The molecule has 146 valence electrons. The van der Waals surface area contributed by atoms with E-state index in [4.69, 9.17) is 9.63 Å². The van der Waals surface area contributed by atoms with Crippen LogP contribution >= 0.6 is 7.75 Å². The number of halogens is 5. The van der Waals surface area contributed by atoms with E-state index in [-0.39, 0.29) is 5.75 Å². The summed E-state index contributed by atoms with van der Waals surface area (Å²) in [5.41, 5.74) is 0. The molecule has 6 nitrogen and oxygen atoms in total. The topological polar surface area (TPSA) is 84.9 Å². The van der Waals surface area contributed by atoms with Crippen molar-refractivity contribution in [1.29, 1.82) is 0 Å². The van der Waals surface area contributed by atoms with Gasteiger partial charge >= 0.3 is 13.7 Å². The molecule has 0 saturated carbocycles. The zero-order valence-corrected chi connectivity index (χ0v) is 14.3. The molecule has 0 aromatic heterocycles. The summed E-state index contributed by atoms with van der Waals surface area (Å²) in [5.74, 6) is -15.5. The maximum absolute atomic E-state index is 13.8. The Morgan fingerprint density at radius 1 is 0.963 bits per heavy atom. The fourth-order valence-corrected chi connectivity index (χ4v) is 3.30. The Morgan fingerprint density at radius 2 is 1.44 bits per heavy atom. The molecule has 0 saturated heterocycles. The zero-order chi connectivity index (χ0) is 20.4. The number of rotatable bonds is 7. The van der Waals surface area contributed by atoms with Gasteiger partial charge in [0.15, 0.2) is 0 Å². The molecule has 2 N–H and O–H groups in total. The fraction of sp³-hybridized carbons (Fsp3) is 0.133. The number of hydrogen-bond acceptors (Lipinski definition) is 4. The SMILES string of the molecule is C[C@H](NP(=O)(Oc1ccccc1)Oc1c(F)c(F)c(F)c(F)c1F)C(=O)O. The van der Waals surface area contributed by atoms with Crippen molar-refractivity contribution in [2.24, 2.45) is 0 Å². The van der Waals surface area contributed by atoms with Crippen LogP contribution in [-0.4, -0.2) is 17.1 Å². The summed E-state index contributed by atoms with van der Waals surface area (Å²) >= 11 is 0. The third-order valence-electron chi connectivity index (χ3n) is 3.07. The van der Waals surface area contributed by atoms with Gasteiger partial charge in [-0.3, -0.25) is 4.79 Å². The van der Waals surface area contributed by atoms with Crippen molar-refractivity contribution >= 4 is 13.7 Å². The molecule has 0 fully saturated rings. The van der Waals surface area contributed by atoms with Crippen molar-refractivity contribution in [3.8, 4) is 11.5 Å². The van der Waals surface area contributed by atoms with Crippen LogP contribution in [0.5, 0.6) is 11.5 Å². The number of hydrogen-bond donors (Lipinski definition) is 2. The first-order valence-electron chi connectivity index (χ1n) is 7.12. The summed E-state index contributed by atoms with van der Waals surface area (Å²) in [4.78, 5) is 11.0. The third-order valence-corrected chi connectivity index (χ3v) is 4.65. The Morgan fingerprint density at radius 3 is 1.93 bits per heavy atom. The van der Waals surface area contributed by atoms with E-state index in [0.717, 1.165) is 6.92 Å². The Balaban J connectivity index is 2.49. The lowest BCUT2D eigenvalue weighted by Gasteiger charge is -2.22. The third kappa shape index (κ3) is 4.55. The van der Waals surface area contributed by atoms with E-state index in [0.29, 0.717) is 0 Å². The van der Waals surface area contributed by atoms with Crippen molar-refractivity contribution < 1.29 is 45.5 Å². The van der Waals surface area contributed by atoms with Gasteiger partial charge in [0.05, 0.1) is 0 Å². The second kappa shape index (κ2) is 7.93. The Labute approximate surface area is 149 Å². The van der Waals surface area contributed by atoms with E-state index < -0.39 is 54.6 Å². The smallest absolute Gasteiger partial charge is 0.480 e. The first-order chi connectivity index (χ1) is 12.6. The number of aliphatic carboxylic acids is 1. The number of carboxylic acid groups (broad SMARTS) is 1. The highest BCUT2D eigenvalue weighted by Crippen LogP contribution is 2.47. The summed E-state index contributed by atoms with van der Waals surface area (Å²) < 4.78 is 89.5. The average molecular weight is 411 g/mol. The summed E-state index contributed by atoms with van der Waals surface area (Å²) in [6.07, 6.45) is 0. The van der Waals surface area contributed by atoms with E-state index in [1.807, 2.05) is 5.09 Å². The minimum Gasteiger partial charge on any atom is -0.480 e. The molecular weight excluding hydrogens is 400 g/mol. The predicted molar refractivity (Wildman–Crippen MR) is 81.8 cm³/mol. The second-order valence-electron chi connectivity index (χ2n) is 5.08. The van der Waals surface area contributed by atoms with Crippen LogP contribution < -0.4 is 14.1 Å². The van der Waals surface area contributed by atoms with E-state index in [1.54, 1.807) is 0 Å². The lowest BCUT2D eigenvalue weighted by molar-refractivity contribution is -0.138. The maximum atomic E-state index is 13.8. The molecule has 2 rings (SSSR count). The highest BCUT2D eigenvalue weighted by atomic mass is 31.2. The Hall–Kier alpha value is -2.65. The van der Waals surface area contributed by atoms with Crippen LogP contribution in [-0.2, 0) is 9.36 Å². The molecule has 0 spiro atoms. The Kier molecular flexibility index (Phi) is 6.07. The number of para-hydroxylation sites is 1. The van der Waals surface area contributed by atoms with Crippen molar-refractivity contribution in [1.82, 2.24) is 5.09 Å².